The van der Waals surface area contributed by atoms with Crippen LogP contribution in [0.3, 0.4) is 0 Å². The average Bonchev–Trinajstić information content (AvgIpc) is 3.11. The van der Waals surface area contributed by atoms with Crippen molar-refractivity contribution in [2.45, 2.75) is 32.4 Å². The Bertz CT molecular complexity index is 773. The highest BCUT2D eigenvalue weighted by Crippen LogP contribution is 2.33. The van der Waals surface area contributed by atoms with Crippen LogP contribution in [-0.2, 0) is 6.42 Å². The number of ketones is 1. The normalized spacial score (nSPS) is 18.2. The zero-order valence-electron chi connectivity index (χ0n) is 15.4. The molecule has 0 saturated carbocycles. The van der Waals surface area contributed by atoms with Crippen LogP contribution in [0.15, 0.2) is 29.6 Å². The number of ether oxygens (including phenoxy) is 2. The van der Waals surface area contributed by atoms with Gasteiger partial charge in [0.15, 0.2) is 17.3 Å². The van der Waals surface area contributed by atoms with E-state index in [0.29, 0.717) is 29.6 Å². The van der Waals surface area contributed by atoms with Crippen molar-refractivity contribution in [2.24, 2.45) is 0 Å². The average molecular weight is 375 g/mol. The van der Waals surface area contributed by atoms with Crippen LogP contribution in [0, 0.1) is 0 Å². The Hall–Kier alpha value is -1.89. The maximum Gasteiger partial charge on any atom is 0.161 e. The number of aliphatic hydroxyl groups excluding tert-OH is 1. The third kappa shape index (κ3) is 4.09. The van der Waals surface area contributed by atoms with Crippen LogP contribution >= 0.6 is 11.3 Å². The number of methoxy groups -OCH3 is 1. The van der Waals surface area contributed by atoms with E-state index < -0.39 is 6.10 Å². The smallest absolute Gasteiger partial charge is 0.161 e. The van der Waals surface area contributed by atoms with Crippen LogP contribution in [0.2, 0.25) is 0 Å². The number of hydrogen-bond donors (Lipinski definition) is 1. The monoisotopic (exact) mass is 375 g/mol. The molecule has 2 atom stereocenters. The number of Topliss-reactive ketones (excluding diaryl/α,β-unsaturated/α-hetero) is 1. The summed E-state index contributed by atoms with van der Waals surface area (Å²) in [6.45, 7) is 5.38. The highest BCUT2D eigenvalue weighted by molar-refractivity contribution is 7.10. The molecule has 1 aromatic carbocycles. The fraction of sp³-hybridized carbons (Fsp3) is 0.450. The van der Waals surface area contributed by atoms with Crippen molar-refractivity contribution in [1.29, 1.82) is 0 Å². The lowest BCUT2D eigenvalue weighted by Gasteiger charge is -2.34. The SMILES string of the molecule is COc1cc(C(C)=O)ccc1OC[C@H](O)CN1CCc2sccc2[C@H]1C. The molecule has 1 aliphatic rings. The van der Waals surface area contributed by atoms with Crippen molar-refractivity contribution >= 4 is 17.1 Å². The summed E-state index contributed by atoms with van der Waals surface area (Å²) in [5.74, 6) is 1.00. The minimum Gasteiger partial charge on any atom is -0.493 e. The molecule has 0 fully saturated rings. The third-order valence-electron chi connectivity index (χ3n) is 4.85. The first-order valence-corrected chi connectivity index (χ1v) is 9.67. The second-order valence-electron chi connectivity index (χ2n) is 6.61. The number of rotatable bonds is 7. The number of carbonyl (C=O) groups is 1. The van der Waals surface area contributed by atoms with Gasteiger partial charge in [0.1, 0.15) is 12.7 Å². The van der Waals surface area contributed by atoms with Crippen LogP contribution < -0.4 is 9.47 Å². The van der Waals surface area contributed by atoms with E-state index in [1.807, 2.05) is 11.3 Å². The molecule has 2 aromatic rings. The molecule has 0 radical (unpaired) electrons. The summed E-state index contributed by atoms with van der Waals surface area (Å²) in [6, 6.07) is 7.57. The van der Waals surface area contributed by atoms with Gasteiger partial charge in [-0.15, -0.1) is 11.3 Å². The number of fused-ring (bicyclic) bond motifs is 1. The predicted octanol–water partition coefficient (Wildman–Crippen LogP) is 3.32. The van der Waals surface area contributed by atoms with E-state index in [0.717, 1.165) is 13.0 Å². The van der Waals surface area contributed by atoms with Crippen molar-refractivity contribution in [2.75, 3.05) is 26.8 Å². The van der Waals surface area contributed by atoms with Crippen LogP contribution in [0.25, 0.3) is 0 Å². The summed E-state index contributed by atoms with van der Waals surface area (Å²) in [4.78, 5) is 15.2. The topological polar surface area (TPSA) is 59.0 Å². The van der Waals surface area contributed by atoms with Crippen LogP contribution in [0.1, 0.15) is 40.7 Å². The Kier molecular flexibility index (Phi) is 5.96. The predicted molar refractivity (Wildman–Crippen MR) is 103 cm³/mol. The van der Waals surface area contributed by atoms with Crippen molar-refractivity contribution in [3.05, 3.63) is 45.6 Å². The summed E-state index contributed by atoms with van der Waals surface area (Å²) in [6.07, 6.45) is 0.431. The molecular weight excluding hydrogens is 350 g/mol. The lowest BCUT2D eigenvalue weighted by molar-refractivity contribution is 0.0514. The molecule has 1 N–H and O–H groups in total. The Balaban J connectivity index is 1.58. The minimum atomic E-state index is -0.602. The van der Waals surface area contributed by atoms with E-state index in [4.69, 9.17) is 9.47 Å². The van der Waals surface area contributed by atoms with E-state index >= 15 is 0 Å². The largest absolute Gasteiger partial charge is 0.493 e. The van der Waals surface area contributed by atoms with Crippen molar-refractivity contribution in [1.82, 2.24) is 4.90 Å². The Morgan fingerprint density at radius 2 is 2.19 bits per heavy atom. The van der Waals surface area contributed by atoms with Gasteiger partial charge in [0.2, 0.25) is 0 Å². The molecule has 140 valence electrons. The zero-order valence-corrected chi connectivity index (χ0v) is 16.2. The summed E-state index contributed by atoms with van der Waals surface area (Å²) >= 11 is 1.81. The fourth-order valence-electron chi connectivity index (χ4n) is 3.33. The molecule has 26 heavy (non-hydrogen) atoms. The molecule has 1 aliphatic heterocycles. The van der Waals surface area contributed by atoms with Crippen LogP contribution in [-0.4, -0.2) is 48.7 Å². The second-order valence-corrected chi connectivity index (χ2v) is 7.61. The minimum absolute atomic E-state index is 0.0261. The van der Waals surface area contributed by atoms with Gasteiger partial charge < -0.3 is 14.6 Å². The number of β-amino-alcohol motifs (C(OH)–C–C–N with tert-alkyl or cyclic N) is 1. The molecular formula is C20H25NO4S. The molecule has 0 saturated heterocycles. The second kappa shape index (κ2) is 8.20. The molecule has 0 spiro atoms. The van der Waals surface area contributed by atoms with Gasteiger partial charge in [-0.05, 0) is 55.5 Å². The van der Waals surface area contributed by atoms with E-state index in [-0.39, 0.29) is 12.4 Å². The summed E-state index contributed by atoms with van der Waals surface area (Å²) < 4.78 is 11.0. The number of hydrogen-bond acceptors (Lipinski definition) is 6. The number of benzene rings is 1. The van der Waals surface area contributed by atoms with Gasteiger partial charge in [-0.3, -0.25) is 9.69 Å². The van der Waals surface area contributed by atoms with Crippen molar-refractivity contribution in [3.63, 3.8) is 0 Å². The van der Waals surface area contributed by atoms with Gasteiger partial charge in [-0.1, -0.05) is 0 Å². The van der Waals surface area contributed by atoms with E-state index in [9.17, 15) is 9.90 Å². The van der Waals surface area contributed by atoms with E-state index in [1.165, 1.54) is 24.5 Å². The molecule has 0 unspecified atom stereocenters. The summed E-state index contributed by atoms with van der Waals surface area (Å²) in [5, 5.41) is 12.6. The zero-order chi connectivity index (χ0) is 18.7. The number of thiophene rings is 1. The number of aliphatic hydroxyl groups is 1. The molecule has 0 amide bonds. The maximum absolute atomic E-state index is 11.5. The first-order chi connectivity index (χ1) is 12.5. The highest BCUT2D eigenvalue weighted by atomic mass is 32.1. The molecule has 0 aliphatic carbocycles. The van der Waals surface area contributed by atoms with Gasteiger partial charge in [0, 0.05) is 29.6 Å². The standard InChI is InChI=1S/C20H25NO4S/c1-13-17-7-9-26-20(17)6-8-21(13)11-16(23)12-25-18-5-4-15(14(2)22)10-19(18)24-3/h4-5,7,9-10,13,16,23H,6,8,11-12H2,1-3H3/t13-,16-/m1/s1. The van der Waals surface area contributed by atoms with E-state index in [2.05, 4.69) is 23.3 Å². The van der Waals surface area contributed by atoms with Crippen molar-refractivity contribution in [3.8, 4) is 11.5 Å². The summed E-state index contributed by atoms with van der Waals surface area (Å²) in [5.41, 5.74) is 1.94. The Morgan fingerprint density at radius 1 is 1.38 bits per heavy atom. The number of nitrogens with zero attached hydrogens (tertiary/aromatic N) is 1. The summed E-state index contributed by atoms with van der Waals surface area (Å²) in [7, 11) is 1.54. The molecule has 6 heteroatoms. The molecule has 5 nitrogen and oxygen atoms in total. The van der Waals surface area contributed by atoms with E-state index in [1.54, 1.807) is 18.2 Å². The lowest BCUT2D eigenvalue weighted by Crippen LogP contribution is -2.40. The van der Waals surface area contributed by atoms with Gasteiger partial charge in [-0.2, -0.15) is 0 Å². The van der Waals surface area contributed by atoms with Crippen LogP contribution in [0.5, 0.6) is 11.5 Å². The third-order valence-corrected chi connectivity index (χ3v) is 5.85. The first-order valence-electron chi connectivity index (χ1n) is 8.79. The van der Waals surface area contributed by atoms with Gasteiger partial charge in [0.05, 0.1) is 7.11 Å². The lowest BCUT2D eigenvalue weighted by atomic mass is 10.0. The Labute approximate surface area is 158 Å². The first kappa shape index (κ1) is 18.9. The highest BCUT2D eigenvalue weighted by Gasteiger charge is 2.26. The number of carbonyl (C=O) groups excluding carboxylic acids is 1. The van der Waals surface area contributed by atoms with Crippen molar-refractivity contribution < 1.29 is 19.4 Å². The van der Waals surface area contributed by atoms with Gasteiger partial charge in [0.25, 0.3) is 0 Å². The molecule has 2 heterocycles. The van der Waals surface area contributed by atoms with Gasteiger partial charge in [-0.25, -0.2) is 0 Å². The fourth-order valence-corrected chi connectivity index (χ4v) is 4.29. The molecule has 1 aromatic heterocycles. The Morgan fingerprint density at radius 3 is 2.92 bits per heavy atom. The molecule has 3 rings (SSSR count). The molecule has 0 bridgehead atoms. The van der Waals surface area contributed by atoms with Gasteiger partial charge >= 0.3 is 0 Å². The van der Waals surface area contributed by atoms with Crippen LogP contribution in [0.4, 0.5) is 0 Å². The quantitative estimate of drug-likeness (QED) is 0.753. The maximum atomic E-state index is 11.5.